The number of benzene rings is 1. The molecule has 2 aromatic heterocycles. The highest BCUT2D eigenvalue weighted by atomic mass is 32.2. The van der Waals surface area contributed by atoms with Gasteiger partial charge in [0.2, 0.25) is 5.91 Å². The first-order valence-electron chi connectivity index (χ1n) is 8.87. The molecule has 1 unspecified atom stereocenters. The lowest BCUT2D eigenvalue weighted by atomic mass is 10.1. The van der Waals surface area contributed by atoms with Gasteiger partial charge in [0.05, 0.1) is 11.4 Å². The summed E-state index contributed by atoms with van der Waals surface area (Å²) in [4.78, 5) is 26.1. The number of aromatic nitrogens is 4. The summed E-state index contributed by atoms with van der Waals surface area (Å²) in [6, 6.07) is 9.89. The molecule has 0 aliphatic carbocycles. The molecule has 0 aliphatic heterocycles. The lowest BCUT2D eigenvalue weighted by Gasteiger charge is -2.15. The Bertz CT molecular complexity index is 1070. The van der Waals surface area contributed by atoms with Crippen LogP contribution in [0, 0.1) is 13.8 Å². The molecule has 146 valence electrons. The van der Waals surface area contributed by atoms with Gasteiger partial charge in [-0.2, -0.15) is 10.2 Å². The van der Waals surface area contributed by atoms with Gasteiger partial charge in [-0.1, -0.05) is 0 Å². The molecule has 0 fully saturated rings. The highest BCUT2D eigenvalue weighted by molar-refractivity contribution is 7.98. The zero-order chi connectivity index (χ0) is 20.4. The molecule has 3 aromatic rings. The summed E-state index contributed by atoms with van der Waals surface area (Å²) >= 11 is 1.63. The maximum atomic E-state index is 12.7. The molecule has 1 aromatic carbocycles. The van der Waals surface area contributed by atoms with Gasteiger partial charge in [0.1, 0.15) is 6.04 Å². The Kier molecular flexibility index (Phi) is 5.69. The fraction of sp³-hybridized carbons (Fsp3) is 0.300. The third kappa shape index (κ3) is 3.87. The Morgan fingerprint density at radius 3 is 2.36 bits per heavy atom. The van der Waals surface area contributed by atoms with Crippen molar-refractivity contribution in [2.75, 3.05) is 11.6 Å². The standard InChI is InChI=1S/C20H23N5O2S/c1-12-19(13(2)24(4)22-12)17-10-11-18(26)25(23-17)14(3)20(27)21-15-6-8-16(28-5)9-7-15/h6-11,14H,1-5H3,(H,21,27). The van der Waals surface area contributed by atoms with Crippen molar-refractivity contribution in [3.8, 4) is 11.3 Å². The van der Waals surface area contributed by atoms with Crippen LogP contribution in [0.5, 0.6) is 0 Å². The van der Waals surface area contributed by atoms with E-state index in [0.29, 0.717) is 11.4 Å². The number of carbonyl (C=O) groups excluding carboxylic acids is 1. The van der Waals surface area contributed by atoms with Crippen LogP contribution in [0.2, 0.25) is 0 Å². The van der Waals surface area contributed by atoms with Crippen molar-refractivity contribution in [3.63, 3.8) is 0 Å². The van der Waals surface area contributed by atoms with Gasteiger partial charge in [0, 0.05) is 35.0 Å². The molecule has 28 heavy (non-hydrogen) atoms. The minimum absolute atomic E-state index is 0.303. The average Bonchev–Trinajstić information content (AvgIpc) is 2.94. The van der Waals surface area contributed by atoms with E-state index >= 15 is 0 Å². The molecular formula is C20H23N5O2S. The van der Waals surface area contributed by atoms with Crippen LogP contribution in [-0.2, 0) is 11.8 Å². The zero-order valence-corrected chi connectivity index (χ0v) is 17.4. The SMILES string of the molecule is CSc1ccc(NC(=O)C(C)n2nc(-c3c(C)nn(C)c3C)ccc2=O)cc1. The van der Waals surface area contributed by atoms with Crippen LogP contribution in [0.25, 0.3) is 11.3 Å². The van der Waals surface area contributed by atoms with E-state index < -0.39 is 6.04 Å². The van der Waals surface area contributed by atoms with Crippen molar-refractivity contribution in [2.45, 2.75) is 31.7 Å². The molecule has 0 radical (unpaired) electrons. The van der Waals surface area contributed by atoms with E-state index in [1.807, 2.05) is 51.4 Å². The van der Waals surface area contributed by atoms with Gasteiger partial charge in [-0.25, -0.2) is 4.68 Å². The first-order valence-corrected chi connectivity index (χ1v) is 10.1. The number of thioether (sulfide) groups is 1. The van der Waals surface area contributed by atoms with E-state index in [2.05, 4.69) is 15.5 Å². The number of nitrogens with one attached hydrogen (secondary N) is 1. The minimum Gasteiger partial charge on any atom is -0.324 e. The fourth-order valence-electron chi connectivity index (χ4n) is 3.01. The van der Waals surface area contributed by atoms with Crippen LogP contribution in [0.15, 0.2) is 46.1 Å². The largest absolute Gasteiger partial charge is 0.324 e. The molecule has 0 bridgehead atoms. The van der Waals surface area contributed by atoms with Gasteiger partial charge in [0.15, 0.2) is 0 Å². The summed E-state index contributed by atoms with van der Waals surface area (Å²) in [5, 5.41) is 11.7. The van der Waals surface area contributed by atoms with Crippen molar-refractivity contribution in [1.82, 2.24) is 19.6 Å². The average molecular weight is 398 g/mol. The number of hydrogen-bond acceptors (Lipinski definition) is 5. The van der Waals surface area contributed by atoms with Crippen molar-refractivity contribution >= 4 is 23.4 Å². The smallest absolute Gasteiger partial charge is 0.267 e. The van der Waals surface area contributed by atoms with Gasteiger partial charge in [-0.3, -0.25) is 14.3 Å². The van der Waals surface area contributed by atoms with Crippen molar-refractivity contribution in [2.24, 2.45) is 7.05 Å². The quantitative estimate of drug-likeness (QED) is 0.669. The summed E-state index contributed by atoms with van der Waals surface area (Å²) in [5.41, 5.74) is 3.61. The van der Waals surface area contributed by atoms with Crippen LogP contribution >= 0.6 is 11.8 Å². The maximum Gasteiger partial charge on any atom is 0.267 e. The van der Waals surface area contributed by atoms with E-state index in [-0.39, 0.29) is 11.5 Å². The van der Waals surface area contributed by atoms with E-state index in [1.54, 1.807) is 29.4 Å². The Morgan fingerprint density at radius 2 is 1.79 bits per heavy atom. The number of carbonyl (C=O) groups is 1. The molecule has 1 atom stereocenters. The Balaban J connectivity index is 1.89. The molecule has 1 amide bonds. The number of rotatable bonds is 5. The number of aryl methyl sites for hydroxylation is 2. The highest BCUT2D eigenvalue weighted by Gasteiger charge is 2.20. The normalized spacial score (nSPS) is 12.0. The first kappa shape index (κ1) is 19.9. The number of hydrogen-bond donors (Lipinski definition) is 1. The molecular weight excluding hydrogens is 374 g/mol. The molecule has 2 heterocycles. The van der Waals surface area contributed by atoms with Crippen molar-refractivity contribution in [1.29, 1.82) is 0 Å². The predicted molar refractivity (Wildman–Crippen MR) is 112 cm³/mol. The van der Waals surface area contributed by atoms with Crippen LogP contribution < -0.4 is 10.9 Å². The Hall–Kier alpha value is -2.87. The number of anilines is 1. The third-order valence-corrected chi connectivity index (χ3v) is 5.44. The second-order valence-corrected chi connectivity index (χ2v) is 7.44. The summed E-state index contributed by atoms with van der Waals surface area (Å²) in [6.07, 6.45) is 1.99. The van der Waals surface area contributed by atoms with Crippen molar-refractivity contribution in [3.05, 3.63) is 58.1 Å². The summed E-state index contributed by atoms with van der Waals surface area (Å²) in [5.74, 6) is -0.303. The fourth-order valence-corrected chi connectivity index (χ4v) is 3.42. The van der Waals surface area contributed by atoms with Crippen molar-refractivity contribution < 1.29 is 4.79 Å². The van der Waals surface area contributed by atoms with Gasteiger partial charge in [0.25, 0.3) is 5.56 Å². The summed E-state index contributed by atoms with van der Waals surface area (Å²) in [7, 11) is 1.86. The third-order valence-electron chi connectivity index (χ3n) is 4.69. The van der Waals surface area contributed by atoms with E-state index in [4.69, 9.17) is 0 Å². The maximum absolute atomic E-state index is 12.7. The second kappa shape index (κ2) is 8.02. The van der Waals surface area contributed by atoms with E-state index in [1.165, 1.54) is 10.7 Å². The predicted octanol–water partition coefficient (Wildman–Crippen LogP) is 3.18. The molecule has 3 rings (SSSR count). The van der Waals surface area contributed by atoms with Gasteiger partial charge in [-0.05, 0) is 57.4 Å². The molecule has 0 spiro atoms. The minimum atomic E-state index is -0.759. The molecule has 0 saturated carbocycles. The van der Waals surface area contributed by atoms with Gasteiger partial charge in [-0.15, -0.1) is 11.8 Å². The van der Waals surface area contributed by atoms with Gasteiger partial charge >= 0.3 is 0 Å². The first-order chi connectivity index (χ1) is 13.3. The number of amides is 1. The highest BCUT2D eigenvalue weighted by Crippen LogP contribution is 2.24. The van der Waals surface area contributed by atoms with Crippen LogP contribution in [-0.4, -0.2) is 31.7 Å². The molecule has 1 N–H and O–H groups in total. The lowest BCUT2D eigenvalue weighted by molar-refractivity contribution is -0.119. The van der Waals surface area contributed by atoms with E-state index in [9.17, 15) is 9.59 Å². The Morgan fingerprint density at radius 1 is 1.11 bits per heavy atom. The second-order valence-electron chi connectivity index (χ2n) is 6.56. The van der Waals surface area contributed by atoms with Crippen LogP contribution in [0.4, 0.5) is 5.69 Å². The summed E-state index contributed by atoms with van der Waals surface area (Å²) < 4.78 is 2.99. The monoisotopic (exact) mass is 397 g/mol. The molecule has 0 saturated heterocycles. The zero-order valence-electron chi connectivity index (χ0n) is 16.6. The lowest BCUT2D eigenvalue weighted by Crippen LogP contribution is -2.33. The van der Waals surface area contributed by atoms with Crippen LogP contribution in [0.1, 0.15) is 24.4 Å². The molecule has 8 heteroatoms. The van der Waals surface area contributed by atoms with E-state index in [0.717, 1.165) is 21.8 Å². The Labute approximate surface area is 167 Å². The topological polar surface area (TPSA) is 81.8 Å². The van der Waals surface area contributed by atoms with Gasteiger partial charge < -0.3 is 5.32 Å². The van der Waals surface area contributed by atoms with Crippen LogP contribution in [0.3, 0.4) is 0 Å². The number of nitrogens with zero attached hydrogens (tertiary/aromatic N) is 4. The summed E-state index contributed by atoms with van der Waals surface area (Å²) in [6.45, 7) is 5.50. The molecule has 0 aliphatic rings. The molecule has 7 nitrogen and oxygen atoms in total.